The Kier molecular flexibility index (Phi) is 5.15. The van der Waals surface area contributed by atoms with E-state index in [0.717, 1.165) is 24.0 Å². The highest BCUT2D eigenvalue weighted by molar-refractivity contribution is 5.92. The topological polar surface area (TPSA) is 26.3 Å². The maximum absolute atomic E-state index is 12.2. The monoisotopic (exact) mass is 282 g/mol. The van der Waals surface area contributed by atoms with Gasteiger partial charge in [-0.05, 0) is 50.3 Å². The fourth-order valence-electron chi connectivity index (χ4n) is 2.66. The third-order valence-corrected chi connectivity index (χ3v) is 3.57. The summed E-state index contributed by atoms with van der Waals surface area (Å²) in [6.45, 7) is 6.41. The van der Waals surface area contributed by atoms with Crippen LogP contribution in [0.5, 0.6) is 0 Å². The molecule has 0 bridgehead atoms. The van der Waals surface area contributed by atoms with Crippen LogP contribution in [0.4, 0.5) is 0 Å². The Morgan fingerprint density at radius 2 is 1.62 bits per heavy atom. The predicted molar refractivity (Wildman–Crippen MR) is 85.7 cm³/mol. The Balaban J connectivity index is 1.88. The molecule has 110 valence electrons. The molecule has 0 fully saturated rings. The van der Waals surface area contributed by atoms with Gasteiger partial charge in [-0.25, -0.2) is 4.79 Å². The van der Waals surface area contributed by atoms with Gasteiger partial charge in [0.25, 0.3) is 0 Å². The molecule has 2 aromatic carbocycles. The minimum Gasteiger partial charge on any atom is -0.462 e. The molecule has 0 saturated carbocycles. The average Bonchev–Trinajstić information content (AvgIpc) is 2.43. The van der Waals surface area contributed by atoms with Gasteiger partial charge in [-0.1, -0.05) is 48.0 Å². The number of ether oxygens (including phenoxy) is 1. The third-order valence-electron chi connectivity index (χ3n) is 3.57. The summed E-state index contributed by atoms with van der Waals surface area (Å²) in [5.41, 5.74) is 5.13. The second-order valence-electron chi connectivity index (χ2n) is 5.50. The molecule has 0 spiro atoms. The zero-order valence-electron chi connectivity index (χ0n) is 13.0. The third kappa shape index (κ3) is 4.19. The van der Waals surface area contributed by atoms with Gasteiger partial charge >= 0.3 is 5.97 Å². The fourth-order valence-corrected chi connectivity index (χ4v) is 2.66. The number of benzene rings is 2. The molecule has 0 atom stereocenters. The average molecular weight is 282 g/mol. The van der Waals surface area contributed by atoms with E-state index < -0.39 is 0 Å². The second kappa shape index (κ2) is 7.07. The minimum atomic E-state index is -0.210. The number of carbonyl (C=O) groups is 1. The van der Waals surface area contributed by atoms with Crippen molar-refractivity contribution < 1.29 is 9.53 Å². The van der Waals surface area contributed by atoms with Crippen LogP contribution in [0.1, 0.15) is 39.0 Å². The first kappa shape index (κ1) is 15.3. The molecule has 0 aliphatic carbocycles. The number of esters is 1. The van der Waals surface area contributed by atoms with E-state index in [2.05, 4.69) is 12.1 Å². The first-order valence-electron chi connectivity index (χ1n) is 7.37. The Morgan fingerprint density at radius 3 is 2.24 bits per heavy atom. The van der Waals surface area contributed by atoms with Gasteiger partial charge < -0.3 is 4.74 Å². The molecular formula is C19H22O2. The molecule has 2 nitrogen and oxygen atoms in total. The van der Waals surface area contributed by atoms with Crippen molar-refractivity contribution in [3.8, 4) is 0 Å². The van der Waals surface area contributed by atoms with Crippen LogP contribution in [0, 0.1) is 20.8 Å². The summed E-state index contributed by atoms with van der Waals surface area (Å²) >= 11 is 0. The van der Waals surface area contributed by atoms with Crippen molar-refractivity contribution in [2.24, 2.45) is 0 Å². The van der Waals surface area contributed by atoms with Gasteiger partial charge in [-0.2, -0.15) is 0 Å². The lowest BCUT2D eigenvalue weighted by molar-refractivity contribution is 0.0499. The van der Waals surface area contributed by atoms with Gasteiger partial charge in [-0.15, -0.1) is 0 Å². The SMILES string of the molecule is Cc1cc(C)c(C(=O)OCCCc2ccccc2)c(C)c1. The zero-order valence-corrected chi connectivity index (χ0v) is 13.0. The second-order valence-corrected chi connectivity index (χ2v) is 5.50. The lowest BCUT2D eigenvalue weighted by Gasteiger charge is -2.11. The van der Waals surface area contributed by atoms with Crippen LogP contribution in [0.25, 0.3) is 0 Å². The van der Waals surface area contributed by atoms with Crippen LogP contribution >= 0.6 is 0 Å². The molecule has 2 aromatic rings. The number of carbonyl (C=O) groups excluding carboxylic acids is 1. The van der Waals surface area contributed by atoms with Gasteiger partial charge in [-0.3, -0.25) is 0 Å². The van der Waals surface area contributed by atoms with Crippen LogP contribution in [0.3, 0.4) is 0 Å². The van der Waals surface area contributed by atoms with Crippen LogP contribution < -0.4 is 0 Å². The molecule has 0 amide bonds. The molecule has 0 saturated heterocycles. The quantitative estimate of drug-likeness (QED) is 0.600. The van der Waals surface area contributed by atoms with Crippen LogP contribution in [-0.2, 0) is 11.2 Å². The highest BCUT2D eigenvalue weighted by Gasteiger charge is 2.13. The van der Waals surface area contributed by atoms with E-state index in [1.807, 2.05) is 51.1 Å². The van der Waals surface area contributed by atoms with Crippen molar-refractivity contribution in [2.45, 2.75) is 33.6 Å². The smallest absolute Gasteiger partial charge is 0.338 e. The van der Waals surface area contributed by atoms with Crippen molar-refractivity contribution in [1.82, 2.24) is 0 Å². The lowest BCUT2D eigenvalue weighted by atomic mass is 10.00. The summed E-state index contributed by atoms with van der Waals surface area (Å²) in [7, 11) is 0. The predicted octanol–water partition coefficient (Wildman–Crippen LogP) is 4.40. The zero-order chi connectivity index (χ0) is 15.2. The Bertz CT molecular complexity index is 592. The van der Waals surface area contributed by atoms with E-state index in [9.17, 15) is 4.79 Å². The normalized spacial score (nSPS) is 10.4. The summed E-state index contributed by atoms with van der Waals surface area (Å²) in [5.74, 6) is -0.210. The molecule has 0 aliphatic rings. The van der Waals surface area contributed by atoms with E-state index >= 15 is 0 Å². The highest BCUT2D eigenvalue weighted by Crippen LogP contribution is 2.17. The summed E-state index contributed by atoms with van der Waals surface area (Å²) in [4.78, 5) is 12.2. The number of hydrogen-bond donors (Lipinski definition) is 0. The van der Waals surface area contributed by atoms with Crippen LogP contribution in [-0.4, -0.2) is 12.6 Å². The first-order valence-corrected chi connectivity index (χ1v) is 7.37. The van der Waals surface area contributed by atoms with E-state index in [4.69, 9.17) is 4.74 Å². The molecular weight excluding hydrogens is 260 g/mol. The Morgan fingerprint density at radius 1 is 1.00 bits per heavy atom. The Labute approximate surface area is 126 Å². The number of aryl methyl sites for hydroxylation is 4. The molecule has 0 radical (unpaired) electrons. The summed E-state index contributed by atoms with van der Waals surface area (Å²) in [6.07, 6.45) is 1.78. The van der Waals surface area contributed by atoms with E-state index in [1.165, 1.54) is 11.1 Å². The summed E-state index contributed by atoms with van der Waals surface area (Å²) < 4.78 is 5.41. The van der Waals surface area contributed by atoms with E-state index in [1.54, 1.807) is 0 Å². The van der Waals surface area contributed by atoms with Gasteiger partial charge in [0.2, 0.25) is 0 Å². The maximum atomic E-state index is 12.2. The number of hydrogen-bond acceptors (Lipinski definition) is 2. The molecule has 0 heterocycles. The first-order chi connectivity index (χ1) is 10.1. The molecule has 2 rings (SSSR count). The molecule has 0 aromatic heterocycles. The molecule has 21 heavy (non-hydrogen) atoms. The summed E-state index contributed by atoms with van der Waals surface area (Å²) in [6, 6.07) is 14.3. The van der Waals surface area contributed by atoms with E-state index in [-0.39, 0.29) is 5.97 Å². The van der Waals surface area contributed by atoms with Crippen LogP contribution in [0.15, 0.2) is 42.5 Å². The van der Waals surface area contributed by atoms with Gasteiger partial charge in [0.05, 0.1) is 12.2 Å². The van der Waals surface area contributed by atoms with Crippen molar-refractivity contribution in [3.63, 3.8) is 0 Å². The fraction of sp³-hybridized carbons (Fsp3) is 0.316. The van der Waals surface area contributed by atoms with Gasteiger partial charge in [0.15, 0.2) is 0 Å². The highest BCUT2D eigenvalue weighted by atomic mass is 16.5. The summed E-state index contributed by atoms with van der Waals surface area (Å²) in [5, 5.41) is 0. The molecule has 0 unspecified atom stereocenters. The number of rotatable bonds is 5. The Hall–Kier alpha value is -2.09. The van der Waals surface area contributed by atoms with E-state index in [0.29, 0.717) is 12.2 Å². The largest absolute Gasteiger partial charge is 0.462 e. The van der Waals surface area contributed by atoms with Crippen LogP contribution in [0.2, 0.25) is 0 Å². The standard InChI is InChI=1S/C19H22O2/c1-14-12-15(2)18(16(3)13-14)19(20)21-11-7-10-17-8-5-4-6-9-17/h4-6,8-9,12-13H,7,10-11H2,1-3H3. The molecule has 0 aliphatic heterocycles. The molecule has 2 heteroatoms. The molecule has 0 N–H and O–H groups in total. The van der Waals surface area contributed by atoms with Crippen molar-refractivity contribution in [3.05, 3.63) is 70.3 Å². The van der Waals surface area contributed by atoms with Crippen molar-refractivity contribution in [2.75, 3.05) is 6.61 Å². The van der Waals surface area contributed by atoms with Gasteiger partial charge in [0, 0.05) is 0 Å². The van der Waals surface area contributed by atoms with Crippen molar-refractivity contribution >= 4 is 5.97 Å². The maximum Gasteiger partial charge on any atom is 0.338 e. The van der Waals surface area contributed by atoms with Gasteiger partial charge in [0.1, 0.15) is 0 Å². The minimum absolute atomic E-state index is 0.210. The van der Waals surface area contributed by atoms with Crippen molar-refractivity contribution in [1.29, 1.82) is 0 Å². The lowest BCUT2D eigenvalue weighted by Crippen LogP contribution is -2.11.